The van der Waals surface area contributed by atoms with Gasteiger partial charge in [-0.25, -0.2) is 0 Å². The molecular formula is C37H42O2. The Hall–Kier alpha value is -4.30. The molecule has 202 valence electrons. The first-order valence-electron chi connectivity index (χ1n) is 13.3. The minimum atomic E-state index is 0.380. The quantitative estimate of drug-likeness (QED) is 0.222. The van der Waals surface area contributed by atoms with E-state index >= 15 is 0 Å². The molecule has 0 atom stereocenters. The van der Waals surface area contributed by atoms with Crippen molar-refractivity contribution in [2.45, 2.75) is 40.7 Å². The molecule has 0 heterocycles. The predicted octanol–water partition coefficient (Wildman–Crippen LogP) is 10.3. The molecule has 0 bridgehead atoms. The Morgan fingerprint density at radius 3 is 2.21 bits per heavy atom. The summed E-state index contributed by atoms with van der Waals surface area (Å²) >= 11 is 0. The molecule has 2 heteroatoms. The lowest BCUT2D eigenvalue weighted by Crippen LogP contribution is -2.02. The SMILES string of the molecule is C=C/C(=C/C)CC.C=Cc1ccc(OCc2cccc(C)c2C=C)cc1OCC(=C)/C=C\c1ccccc1C. The third kappa shape index (κ3) is 9.83. The normalized spacial score (nSPS) is 10.8. The van der Waals surface area contributed by atoms with Gasteiger partial charge in [0.15, 0.2) is 0 Å². The van der Waals surface area contributed by atoms with Crippen LogP contribution in [0.2, 0.25) is 0 Å². The van der Waals surface area contributed by atoms with Gasteiger partial charge in [0.25, 0.3) is 0 Å². The van der Waals surface area contributed by atoms with E-state index in [2.05, 4.69) is 83.5 Å². The lowest BCUT2D eigenvalue weighted by molar-refractivity contribution is 0.301. The molecule has 39 heavy (non-hydrogen) atoms. The van der Waals surface area contributed by atoms with Crippen LogP contribution >= 0.6 is 0 Å². The van der Waals surface area contributed by atoms with Crippen LogP contribution in [0.3, 0.4) is 0 Å². The van der Waals surface area contributed by atoms with Crippen LogP contribution in [0.5, 0.6) is 11.5 Å². The molecule has 3 aromatic rings. The van der Waals surface area contributed by atoms with Gasteiger partial charge in [0.1, 0.15) is 24.7 Å². The molecule has 0 fully saturated rings. The largest absolute Gasteiger partial charge is 0.489 e. The highest BCUT2D eigenvalue weighted by atomic mass is 16.5. The van der Waals surface area contributed by atoms with E-state index in [0.717, 1.165) is 40.2 Å². The van der Waals surface area contributed by atoms with Crippen molar-refractivity contribution in [1.29, 1.82) is 0 Å². The third-order valence-corrected chi connectivity index (χ3v) is 6.36. The first-order chi connectivity index (χ1) is 18.9. The van der Waals surface area contributed by atoms with Gasteiger partial charge in [-0.3, -0.25) is 0 Å². The maximum Gasteiger partial charge on any atom is 0.130 e. The van der Waals surface area contributed by atoms with Crippen molar-refractivity contribution in [1.82, 2.24) is 0 Å². The smallest absolute Gasteiger partial charge is 0.130 e. The molecule has 0 aliphatic carbocycles. The molecule has 0 aromatic heterocycles. The van der Waals surface area contributed by atoms with E-state index in [1.165, 1.54) is 22.3 Å². The topological polar surface area (TPSA) is 18.5 Å². The van der Waals surface area contributed by atoms with Crippen LogP contribution in [-0.2, 0) is 6.61 Å². The molecule has 0 aliphatic heterocycles. The molecule has 0 amide bonds. The fourth-order valence-electron chi connectivity index (χ4n) is 3.88. The second-order valence-electron chi connectivity index (χ2n) is 9.10. The molecule has 2 nitrogen and oxygen atoms in total. The average Bonchev–Trinajstić information content (AvgIpc) is 2.96. The lowest BCUT2D eigenvalue weighted by Gasteiger charge is -2.14. The summed E-state index contributed by atoms with van der Waals surface area (Å²) in [6, 6.07) is 20.2. The maximum absolute atomic E-state index is 6.06. The molecule has 0 saturated heterocycles. The number of hydrogen-bond donors (Lipinski definition) is 0. The molecule has 0 radical (unpaired) electrons. The minimum Gasteiger partial charge on any atom is -0.489 e. The zero-order valence-electron chi connectivity index (χ0n) is 24.0. The second kappa shape index (κ2) is 16.5. The summed E-state index contributed by atoms with van der Waals surface area (Å²) < 4.78 is 12.1. The molecule has 0 spiro atoms. The summed E-state index contributed by atoms with van der Waals surface area (Å²) in [6.07, 6.45) is 12.8. The van der Waals surface area contributed by atoms with Gasteiger partial charge in [0.2, 0.25) is 0 Å². The predicted molar refractivity (Wildman–Crippen MR) is 171 cm³/mol. The van der Waals surface area contributed by atoms with Crippen molar-refractivity contribution in [3.8, 4) is 11.5 Å². The van der Waals surface area contributed by atoms with Gasteiger partial charge < -0.3 is 9.47 Å². The number of aryl methyl sites for hydroxylation is 2. The highest BCUT2D eigenvalue weighted by Crippen LogP contribution is 2.28. The zero-order chi connectivity index (χ0) is 28.6. The third-order valence-electron chi connectivity index (χ3n) is 6.36. The van der Waals surface area contributed by atoms with E-state index in [4.69, 9.17) is 9.47 Å². The molecule has 0 N–H and O–H groups in total. The van der Waals surface area contributed by atoms with Crippen LogP contribution in [-0.4, -0.2) is 6.61 Å². The van der Waals surface area contributed by atoms with Crippen LogP contribution < -0.4 is 9.47 Å². The second-order valence-corrected chi connectivity index (χ2v) is 9.10. The van der Waals surface area contributed by atoms with Gasteiger partial charge in [-0.2, -0.15) is 0 Å². The monoisotopic (exact) mass is 518 g/mol. The minimum absolute atomic E-state index is 0.380. The molecule has 3 rings (SSSR count). The fraction of sp³-hybridized carbons (Fsp3) is 0.189. The lowest BCUT2D eigenvalue weighted by atomic mass is 10.0. The van der Waals surface area contributed by atoms with E-state index in [1.807, 2.05) is 61.5 Å². The summed E-state index contributed by atoms with van der Waals surface area (Å²) in [5.41, 5.74) is 8.91. The fourth-order valence-corrected chi connectivity index (χ4v) is 3.88. The van der Waals surface area contributed by atoms with E-state index in [9.17, 15) is 0 Å². The van der Waals surface area contributed by atoms with Gasteiger partial charge in [-0.15, -0.1) is 0 Å². The molecule has 0 aliphatic rings. The van der Waals surface area contributed by atoms with Crippen LogP contribution in [0.1, 0.15) is 53.6 Å². The first kappa shape index (κ1) is 30.9. The Kier molecular flexibility index (Phi) is 13.1. The molecular weight excluding hydrogens is 476 g/mol. The zero-order valence-corrected chi connectivity index (χ0v) is 24.0. The standard InChI is InChI=1S/C30H30O2.C7H12/c1-6-25-17-18-28(31-21-27-14-10-12-24(5)29(27)7-2)19-30(25)32-20-22(3)15-16-26-13-9-8-11-23(26)4;1-4-7(5-2)6-3/h6-19H,1-3,20-21H2,4-5H3;4-5H,1,6H2,2-3H3/b16-15-;7-5-. The highest BCUT2D eigenvalue weighted by molar-refractivity contribution is 5.59. The summed E-state index contributed by atoms with van der Waals surface area (Å²) in [6.45, 7) is 24.7. The molecule has 0 unspecified atom stereocenters. The Bertz CT molecular complexity index is 1340. The Morgan fingerprint density at radius 1 is 0.846 bits per heavy atom. The van der Waals surface area contributed by atoms with Gasteiger partial charge in [-0.05, 0) is 72.7 Å². The molecule has 0 saturated carbocycles. The van der Waals surface area contributed by atoms with Gasteiger partial charge in [-0.1, -0.05) is 118 Å². The van der Waals surface area contributed by atoms with Crippen molar-refractivity contribution >= 4 is 18.2 Å². The van der Waals surface area contributed by atoms with Crippen LogP contribution in [0.15, 0.2) is 116 Å². The summed E-state index contributed by atoms with van der Waals surface area (Å²) in [7, 11) is 0. The average molecular weight is 519 g/mol. The number of ether oxygens (including phenoxy) is 2. The van der Waals surface area contributed by atoms with Crippen molar-refractivity contribution in [2.75, 3.05) is 6.61 Å². The van der Waals surface area contributed by atoms with E-state index in [0.29, 0.717) is 13.2 Å². The summed E-state index contributed by atoms with van der Waals surface area (Å²) in [5.74, 6) is 1.46. The number of hydrogen-bond acceptors (Lipinski definition) is 2. The Balaban J connectivity index is 0.000000673. The van der Waals surface area contributed by atoms with E-state index in [-0.39, 0.29) is 0 Å². The van der Waals surface area contributed by atoms with Crippen molar-refractivity contribution in [3.05, 3.63) is 150 Å². The van der Waals surface area contributed by atoms with Gasteiger partial charge >= 0.3 is 0 Å². The molecule has 3 aromatic carbocycles. The number of rotatable bonds is 12. The highest BCUT2D eigenvalue weighted by Gasteiger charge is 2.07. The van der Waals surface area contributed by atoms with Gasteiger partial charge in [0.05, 0.1) is 0 Å². The van der Waals surface area contributed by atoms with Crippen molar-refractivity contribution in [3.63, 3.8) is 0 Å². The van der Waals surface area contributed by atoms with Crippen LogP contribution in [0, 0.1) is 13.8 Å². The van der Waals surface area contributed by atoms with E-state index < -0.39 is 0 Å². The van der Waals surface area contributed by atoms with Crippen LogP contribution in [0.25, 0.3) is 18.2 Å². The Morgan fingerprint density at radius 2 is 1.59 bits per heavy atom. The first-order valence-corrected chi connectivity index (χ1v) is 13.3. The number of allylic oxidation sites excluding steroid dienone is 3. The summed E-state index contributed by atoms with van der Waals surface area (Å²) in [5, 5.41) is 0. The van der Waals surface area contributed by atoms with Crippen LogP contribution in [0.4, 0.5) is 0 Å². The van der Waals surface area contributed by atoms with Crippen molar-refractivity contribution in [2.24, 2.45) is 0 Å². The number of benzene rings is 3. The Labute approximate surface area is 236 Å². The summed E-state index contributed by atoms with van der Waals surface area (Å²) in [4.78, 5) is 0. The van der Waals surface area contributed by atoms with Gasteiger partial charge in [0, 0.05) is 11.6 Å². The van der Waals surface area contributed by atoms with E-state index in [1.54, 1.807) is 6.08 Å². The van der Waals surface area contributed by atoms with Crippen molar-refractivity contribution < 1.29 is 9.47 Å². The maximum atomic E-state index is 6.06.